The average molecular weight is 342 g/mol. The van der Waals surface area contributed by atoms with E-state index in [-0.39, 0.29) is 6.17 Å². The molecule has 0 aromatic heterocycles. The first kappa shape index (κ1) is 16.4. The summed E-state index contributed by atoms with van der Waals surface area (Å²) >= 11 is 0. The molecule has 1 aliphatic rings. The Morgan fingerprint density at radius 2 is 1.58 bits per heavy atom. The number of aryl methyl sites for hydroxylation is 1. The van der Waals surface area contributed by atoms with E-state index in [9.17, 15) is 0 Å². The van der Waals surface area contributed by atoms with Crippen molar-refractivity contribution < 1.29 is 4.74 Å². The van der Waals surface area contributed by atoms with Crippen LogP contribution in [-0.2, 0) is 0 Å². The first-order valence-electron chi connectivity index (χ1n) is 8.84. The monoisotopic (exact) mass is 342 g/mol. The van der Waals surface area contributed by atoms with Crippen LogP contribution < -0.4 is 9.64 Å². The minimum absolute atomic E-state index is 0.0146. The molecule has 4 rings (SSSR count). The Hall–Kier alpha value is -3.07. The molecule has 0 amide bonds. The zero-order valence-corrected chi connectivity index (χ0v) is 15.1. The van der Waals surface area contributed by atoms with Crippen molar-refractivity contribution in [1.29, 1.82) is 0 Å². The Kier molecular flexibility index (Phi) is 4.44. The molecule has 3 nitrogen and oxygen atoms in total. The van der Waals surface area contributed by atoms with Crippen LogP contribution in [0.15, 0.2) is 83.9 Å². The molecule has 0 saturated heterocycles. The van der Waals surface area contributed by atoms with E-state index in [1.165, 1.54) is 16.7 Å². The highest BCUT2D eigenvalue weighted by molar-refractivity contribution is 6.05. The number of rotatable bonds is 4. The molecule has 3 aromatic carbocycles. The molecule has 3 aromatic rings. The van der Waals surface area contributed by atoms with E-state index in [0.717, 1.165) is 23.7 Å². The predicted molar refractivity (Wildman–Crippen MR) is 107 cm³/mol. The van der Waals surface area contributed by atoms with E-state index in [0.29, 0.717) is 0 Å². The van der Waals surface area contributed by atoms with Crippen molar-refractivity contribution in [2.24, 2.45) is 4.99 Å². The molecule has 0 aliphatic carbocycles. The SMILES string of the molecule is COc1ccc(N2CC(c3ccccc3)=NC2c2ccc(C)cc2)cc1. The van der Waals surface area contributed by atoms with Crippen LogP contribution in [-0.4, -0.2) is 19.4 Å². The molecule has 1 aliphatic heterocycles. The predicted octanol–water partition coefficient (Wildman–Crippen LogP) is 5.01. The van der Waals surface area contributed by atoms with Gasteiger partial charge in [0.25, 0.3) is 0 Å². The van der Waals surface area contributed by atoms with Crippen LogP contribution in [0.25, 0.3) is 0 Å². The first-order valence-corrected chi connectivity index (χ1v) is 8.84. The molecule has 1 heterocycles. The molecule has 3 heteroatoms. The van der Waals surface area contributed by atoms with Crippen LogP contribution in [0.4, 0.5) is 5.69 Å². The topological polar surface area (TPSA) is 24.8 Å². The summed E-state index contributed by atoms with van der Waals surface area (Å²) in [5.41, 5.74) is 5.91. The summed E-state index contributed by atoms with van der Waals surface area (Å²) in [7, 11) is 1.69. The van der Waals surface area contributed by atoms with Gasteiger partial charge in [-0.3, -0.25) is 4.99 Å². The normalized spacial score (nSPS) is 16.5. The van der Waals surface area contributed by atoms with Crippen molar-refractivity contribution in [2.75, 3.05) is 18.6 Å². The van der Waals surface area contributed by atoms with Gasteiger partial charge in [0.15, 0.2) is 0 Å². The number of nitrogens with zero attached hydrogens (tertiary/aromatic N) is 2. The van der Waals surface area contributed by atoms with Gasteiger partial charge in [-0.1, -0.05) is 60.2 Å². The fraction of sp³-hybridized carbons (Fsp3) is 0.174. The van der Waals surface area contributed by atoms with Crippen molar-refractivity contribution in [3.63, 3.8) is 0 Å². The Labute approximate surface area is 154 Å². The molecule has 0 N–H and O–H groups in total. The minimum atomic E-state index is -0.0146. The third-order valence-electron chi connectivity index (χ3n) is 4.78. The number of hydrogen-bond acceptors (Lipinski definition) is 3. The van der Waals surface area contributed by atoms with E-state index >= 15 is 0 Å². The van der Waals surface area contributed by atoms with E-state index in [4.69, 9.17) is 9.73 Å². The summed E-state index contributed by atoms with van der Waals surface area (Å²) in [6.07, 6.45) is -0.0146. The van der Waals surface area contributed by atoms with Crippen LogP contribution in [0, 0.1) is 6.92 Å². The lowest BCUT2D eigenvalue weighted by Gasteiger charge is -2.26. The lowest BCUT2D eigenvalue weighted by Crippen LogP contribution is -2.26. The molecule has 26 heavy (non-hydrogen) atoms. The zero-order valence-electron chi connectivity index (χ0n) is 15.1. The Bertz CT molecular complexity index is 899. The van der Waals surface area contributed by atoms with Gasteiger partial charge in [-0.25, -0.2) is 0 Å². The third-order valence-corrected chi connectivity index (χ3v) is 4.78. The molecule has 130 valence electrons. The van der Waals surface area contributed by atoms with E-state index < -0.39 is 0 Å². The second-order valence-electron chi connectivity index (χ2n) is 6.55. The van der Waals surface area contributed by atoms with Crippen LogP contribution in [0.5, 0.6) is 5.75 Å². The maximum atomic E-state index is 5.30. The molecule has 0 saturated carbocycles. The molecule has 0 radical (unpaired) electrons. The highest BCUT2D eigenvalue weighted by Gasteiger charge is 2.28. The summed E-state index contributed by atoms with van der Waals surface area (Å²) < 4.78 is 5.30. The van der Waals surface area contributed by atoms with Gasteiger partial charge in [-0.2, -0.15) is 0 Å². The van der Waals surface area contributed by atoms with Gasteiger partial charge in [0, 0.05) is 5.69 Å². The highest BCUT2D eigenvalue weighted by atomic mass is 16.5. The maximum Gasteiger partial charge on any atom is 0.147 e. The van der Waals surface area contributed by atoms with E-state index in [2.05, 4.69) is 72.5 Å². The van der Waals surface area contributed by atoms with E-state index in [1.54, 1.807) is 7.11 Å². The third kappa shape index (κ3) is 3.21. The van der Waals surface area contributed by atoms with Crippen molar-refractivity contribution in [3.05, 3.63) is 95.6 Å². The second kappa shape index (κ2) is 7.04. The maximum absolute atomic E-state index is 5.30. The van der Waals surface area contributed by atoms with Crippen LogP contribution in [0.2, 0.25) is 0 Å². The highest BCUT2D eigenvalue weighted by Crippen LogP contribution is 2.34. The number of ether oxygens (including phenoxy) is 1. The Balaban J connectivity index is 1.72. The van der Waals surface area contributed by atoms with Crippen molar-refractivity contribution in [3.8, 4) is 5.75 Å². The number of benzene rings is 3. The zero-order chi connectivity index (χ0) is 17.9. The summed E-state index contributed by atoms with van der Waals surface area (Å²) in [4.78, 5) is 7.41. The van der Waals surface area contributed by atoms with Gasteiger partial charge < -0.3 is 9.64 Å². The molecule has 1 unspecified atom stereocenters. The average Bonchev–Trinajstić information content (AvgIpc) is 3.15. The van der Waals surface area contributed by atoms with Crippen molar-refractivity contribution in [2.45, 2.75) is 13.1 Å². The van der Waals surface area contributed by atoms with Gasteiger partial charge in [0.1, 0.15) is 11.9 Å². The number of methoxy groups -OCH3 is 1. The molecule has 0 spiro atoms. The number of hydrogen-bond donors (Lipinski definition) is 0. The number of aliphatic imine (C=N–C) groups is 1. The van der Waals surface area contributed by atoms with Crippen LogP contribution in [0.1, 0.15) is 22.9 Å². The number of anilines is 1. The smallest absolute Gasteiger partial charge is 0.147 e. The summed E-state index contributed by atoms with van der Waals surface area (Å²) in [6.45, 7) is 2.90. The fourth-order valence-corrected chi connectivity index (χ4v) is 3.30. The van der Waals surface area contributed by atoms with Gasteiger partial charge in [0.05, 0.1) is 19.4 Å². The minimum Gasteiger partial charge on any atom is -0.497 e. The fourth-order valence-electron chi connectivity index (χ4n) is 3.30. The summed E-state index contributed by atoms with van der Waals surface area (Å²) in [5.74, 6) is 0.865. The molecule has 1 atom stereocenters. The quantitative estimate of drug-likeness (QED) is 0.666. The largest absolute Gasteiger partial charge is 0.497 e. The van der Waals surface area contributed by atoms with E-state index in [1.807, 2.05) is 18.2 Å². The van der Waals surface area contributed by atoms with Gasteiger partial charge in [-0.15, -0.1) is 0 Å². The van der Waals surface area contributed by atoms with Crippen LogP contribution in [0.3, 0.4) is 0 Å². The van der Waals surface area contributed by atoms with Gasteiger partial charge >= 0.3 is 0 Å². The Morgan fingerprint density at radius 1 is 0.885 bits per heavy atom. The second-order valence-corrected chi connectivity index (χ2v) is 6.55. The summed E-state index contributed by atoms with van der Waals surface area (Å²) in [5, 5.41) is 0. The summed E-state index contributed by atoms with van der Waals surface area (Å²) in [6, 6.07) is 27.3. The van der Waals surface area contributed by atoms with Gasteiger partial charge in [-0.05, 0) is 42.3 Å². The standard InChI is InChI=1S/C23H22N2O/c1-17-8-10-19(11-9-17)23-24-22(18-6-4-3-5-7-18)16-25(23)20-12-14-21(26-2)15-13-20/h3-15,23H,16H2,1-2H3. The molecular formula is C23H22N2O. The molecular weight excluding hydrogens is 320 g/mol. The van der Waals surface area contributed by atoms with Crippen LogP contribution >= 0.6 is 0 Å². The first-order chi connectivity index (χ1) is 12.7. The van der Waals surface area contributed by atoms with Gasteiger partial charge in [0.2, 0.25) is 0 Å². The molecule has 0 bridgehead atoms. The molecule has 0 fully saturated rings. The van der Waals surface area contributed by atoms with Crippen molar-refractivity contribution in [1.82, 2.24) is 0 Å². The Morgan fingerprint density at radius 3 is 2.23 bits per heavy atom. The lowest BCUT2D eigenvalue weighted by atomic mass is 10.1. The van der Waals surface area contributed by atoms with Crippen molar-refractivity contribution >= 4 is 11.4 Å². The lowest BCUT2D eigenvalue weighted by molar-refractivity contribution is 0.415.